The van der Waals surface area contributed by atoms with Crippen molar-refractivity contribution in [3.63, 3.8) is 0 Å². The minimum atomic E-state index is 0.100. The number of aromatic nitrogens is 2. The summed E-state index contributed by atoms with van der Waals surface area (Å²) in [6.07, 6.45) is 0.982. The van der Waals surface area contributed by atoms with Crippen molar-refractivity contribution in [3.8, 4) is 11.5 Å². The van der Waals surface area contributed by atoms with Crippen LogP contribution in [0, 0.1) is 6.92 Å². The van der Waals surface area contributed by atoms with Gasteiger partial charge in [0.25, 0.3) is 0 Å². The Labute approximate surface area is 149 Å². The van der Waals surface area contributed by atoms with Gasteiger partial charge < -0.3 is 9.52 Å². The van der Waals surface area contributed by atoms with Gasteiger partial charge in [0.2, 0.25) is 11.8 Å². The molecule has 2 aromatic rings. The topological polar surface area (TPSA) is 65.6 Å². The van der Waals surface area contributed by atoms with E-state index in [2.05, 4.69) is 40.8 Å². The van der Waals surface area contributed by atoms with Gasteiger partial charge in [-0.05, 0) is 32.4 Å². The number of aryl methyl sites for hydroxylation is 1. The number of aliphatic hydroxyl groups is 1. The van der Waals surface area contributed by atoms with Crippen LogP contribution in [-0.4, -0.2) is 63.9 Å². The lowest BCUT2D eigenvalue weighted by Crippen LogP contribution is -2.51. The highest BCUT2D eigenvalue weighted by Gasteiger charge is 2.28. The second-order valence-corrected chi connectivity index (χ2v) is 6.80. The molecule has 0 bridgehead atoms. The first-order valence-electron chi connectivity index (χ1n) is 9.11. The molecule has 0 aliphatic carbocycles. The van der Waals surface area contributed by atoms with Gasteiger partial charge in [0.1, 0.15) is 0 Å². The molecule has 0 amide bonds. The Morgan fingerprint density at radius 3 is 2.32 bits per heavy atom. The number of hydrogen-bond acceptors (Lipinski definition) is 6. The lowest BCUT2D eigenvalue weighted by Gasteiger charge is -2.40. The quantitative estimate of drug-likeness (QED) is 0.868. The molecule has 1 aromatic carbocycles. The predicted octanol–water partition coefficient (Wildman–Crippen LogP) is 2.49. The average Bonchev–Trinajstić information content (AvgIpc) is 3.13. The van der Waals surface area contributed by atoms with Gasteiger partial charge in [-0.2, -0.15) is 0 Å². The molecular weight excluding hydrogens is 316 g/mol. The zero-order valence-electron chi connectivity index (χ0n) is 15.4. The fraction of sp³-hybridized carbons (Fsp3) is 0.579. The Hall–Kier alpha value is -1.76. The molecule has 2 unspecified atom stereocenters. The summed E-state index contributed by atoms with van der Waals surface area (Å²) in [5.74, 6) is 1.24. The van der Waals surface area contributed by atoms with E-state index in [1.807, 2.05) is 24.3 Å². The van der Waals surface area contributed by atoms with E-state index >= 15 is 0 Å². The molecule has 2 atom stereocenters. The van der Waals surface area contributed by atoms with Crippen molar-refractivity contribution in [3.05, 3.63) is 35.7 Å². The van der Waals surface area contributed by atoms with Crippen LogP contribution in [0.25, 0.3) is 11.5 Å². The Bertz CT molecular complexity index is 658. The summed E-state index contributed by atoms with van der Waals surface area (Å²) < 4.78 is 5.92. The molecule has 1 N–H and O–H groups in total. The van der Waals surface area contributed by atoms with Crippen molar-refractivity contribution in [2.75, 3.05) is 32.8 Å². The number of aliphatic hydroxyl groups excluding tert-OH is 1. The molecular formula is C19H28N4O2. The fourth-order valence-corrected chi connectivity index (χ4v) is 3.36. The Balaban J connectivity index is 1.62. The van der Waals surface area contributed by atoms with Crippen molar-refractivity contribution in [2.24, 2.45) is 0 Å². The summed E-state index contributed by atoms with van der Waals surface area (Å²) in [5.41, 5.74) is 2.16. The zero-order valence-corrected chi connectivity index (χ0v) is 15.4. The summed E-state index contributed by atoms with van der Waals surface area (Å²) in [5, 5.41) is 18.0. The van der Waals surface area contributed by atoms with Gasteiger partial charge in [0.05, 0.1) is 12.6 Å². The molecule has 1 aliphatic rings. The zero-order chi connectivity index (χ0) is 17.8. The Morgan fingerprint density at radius 2 is 1.72 bits per heavy atom. The molecule has 25 heavy (non-hydrogen) atoms. The maximum absolute atomic E-state index is 9.47. The van der Waals surface area contributed by atoms with Crippen molar-refractivity contribution < 1.29 is 9.52 Å². The maximum Gasteiger partial charge on any atom is 0.247 e. The van der Waals surface area contributed by atoms with Crippen LogP contribution in [0.1, 0.15) is 37.8 Å². The second kappa shape index (κ2) is 8.08. The van der Waals surface area contributed by atoms with E-state index < -0.39 is 0 Å². The second-order valence-electron chi connectivity index (χ2n) is 6.80. The third-order valence-corrected chi connectivity index (χ3v) is 5.19. The number of benzene rings is 1. The van der Waals surface area contributed by atoms with Crippen LogP contribution in [0.4, 0.5) is 0 Å². The monoisotopic (exact) mass is 344 g/mol. The van der Waals surface area contributed by atoms with Gasteiger partial charge in [-0.15, -0.1) is 10.2 Å². The van der Waals surface area contributed by atoms with Gasteiger partial charge in [-0.3, -0.25) is 9.80 Å². The molecule has 1 aliphatic heterocycles. The van der Waals surface area contributed by atoms with Crippen LogP contribution in [0.5, 0.6) is 0 Å². The van der Waals surface area contributed by atoms with Crippen molar-refractivity contribution in [1.82, 2.24) is 20.0 Å². The molecule has 1 saturated heterocycles. The largest absolute Gasteiger partial charge is 0.419 e. The van der Waals surface area contributed by atoms with Gasteiger partial charge >= 0.3 is 0 Å². The predicted molar refractivity (Wildman–Crippen MR) is 97.2 cm³/mol. The van der Waals surface area contributed by atoms with E-state index in [1.165, 1.54) is 5.56 Å². The highest BCUT2D eigenvalue weighted by molar-refractivity contribution is 5.52. The van der Waals surface area contributed by atoms with E-state index in [0.29, 0.717) is 11.8 Å². The first-order valence-corrected chi connectivity index (χ1v) is 9.11. The first-order chi connectivity index (χ1) is 12.1. The van der Waals surface area contributed by atoms with Crippen LogP contribution in [-0.2, 0) is 0 Å². The standard InChI is InChI=1S/C19H28N4O2/c1-4-17(13-24)23-11-9-22(10-12-23)15(3)18-20-21-19(25-18)16-7-5-14(2)6-8-16/h5-8,15,17,24H,4,9-13H2,1-3H3. The first kappa shape index (κ1) is 18.0. The number of hydrogen-bond donors (Lipinski definition) is 1. The summed E-state index contributed by atoms with van der Waals surface area (Å²) in [6, 6.07) is 8.49. The van der Waals surface area contributed by atoms with Crippen LogP contribution in [0.15, 0.2) is 28.7 Å². The molecule has 0 saturated carbocycles. The average molecular weight is 344 g/mol. The molecule has 136 valence electrons. The van der Waals surface area contributed by atoms with Crippen molar-refractivity contribution >= 4 is 0 Å². The maximum atomic E-state index is 9.47. The van der Waals surface area contributed by atoms with Crippen LogP contribution < -0.4 is 0 Å². The van der Waals surface area contributed by atoms with E-state index in [1.54, 1.807) is 0 Å². The normalized spacial score (nSPS) is 19.0. The van der Waals surface area contributed by atoms with E-state index in [0.717, 1.165) is 38.2 Å². The van der Waals surface area contributed by atoms with Gasteiger partial charge in [0.15, 0.2) is 0 Å². The van der Waals surface area contributed by atoms with Gasteiger partial charge in [0, 0.05) is 37.8 Å². The molecule has 1 fully saturated rings. The summed E-state index contributed by atoms with van der Waals surface area (Å²) in [6.45, 7) is 10.3. The smallest absolute Gasteiger partial charge is 0.247 e. The molecule has 0 spiro atoms. The highest BCUT2D eigenvalue weighted by atomic mass is 16.4. The third kappa shape index (κ3) is 4.08. The Kier molecular flexibility index (Phi) is 5.83. The van der Waals surface area contributed by atoms with Crippen molar-refractivity contribution in [2.45, 2.75) is 39.3 Å². The van der Waals surface area contributed by atoms with Crippen LogP contribution in [0.2, 0.25) is 0 Å². The van der Waals surface area contributed by atoms with Gasteiger partial charge in [-0.25, -0.2) is 0 Å². The molecule has 6 heteroatoms. The summed E-state index contributed by atoms with van der Waals surface area (Å²) in [7, 11) is 0. The molecule has 6 nitrogen and oxygen atoms in total. The fourth-order valence-electron chi connectivity index (χ4n) is 3.36. The lowest BCUT2D eigenvalue weighted by atomic mass is 10.1. The Morgan fingerprint density at radius 1 is 1.08 bits per heavy atom. The lowest BCUT2D eigenvalue weighted by molar-refractivity contribution is 0.0435. The van der Waals surface area contributed by atoms with E-state index in [4.69, 9.17) is 4.42 Å². The number of rotatable bonds is 6. The van der Waals surface area contributed by atoms with Crippen LogP contribution >= 0.6 is 0 Å². The van der Waals surface area contributed by atoms with Gasteiger partial charge in [-0.1, -0.05) is 24.6 Å². The minimum absolute atomic E-state index is 0.100. The number of piperazine rings is 1. The van der Waals surface area contributed by atoms with Crippen molar-refractivity contribution in [1.29, 1.82) is 0 Å². The minimum Gasteiger partial charge on any atom is -0.419 e. The molecule has 0 radical (unpaired) electrons. The molecule has 2 heterocycles. The van der Waals surface area contributed by atoms with Crippen LogP contribution in [0.3, 0.4) is 0 Å². The van der Waals surface area contributed by atoms with E-state index in [9.17, 15) is 5.11 Å². The molecule has 3 rings (SSSR count). The summed E-state index contributed by atoms with van der Waals surface area (Å²) in [4.78, 5) is 4.74. The highest BCUT2D eigenvalue weighted by Crippen LogP contribution is 2.25. The summed E-state index contributed by atoms with van der Waals surface area (Å²) >= 11 is 0. The SMILES string of the molecule is CCC(CO)N1CCN(C(C)c2nnc(-c3ccc(C)cc3)o2)CC1. The number of nitrogens with zero attached hydrogens (tertiary/aromatic N) is 4. The molecule has 1 aromatic heterocycles. The van der Waals surface area contributed by atoms with E-state index in [-0.39, 0.29) is 18.7 Å². The third-order valence-electron chi connectivity index (χ3n) is 5.19.